The third-order valence-electron chi connectivity index (χ3n) is 4.64. The Morgan fingerprint density at radius 1 is 1.09 bits per heavy atom. The van der Waals surface area contributed by atoms with Crippen LogP contribution in [-0.2, 0) is 0 Å². The highest BCUT2D eigenvalue weighted by Gasteiger charge is 2.16. The minimum absolute atomic E-state index is 0.126. The summed E-state index contributed by atoms with van der Waals surface area (Å²) in [6.45, 7) is 3.69. The van der Waals surface area contributed by atoms with Gasteiger partial charge in [-0.15, -0.1) is 0 Å². The molecule has 0 saturated carbocycles. The molecule has 1 heterocycles. The Balaban J connectivity index is 1.83. The van der Waals surface area contributed by atoms with Crippen LogP contribution in [0.15, 0.2) is 95.3 Å². The van der Waals surface area contributed by atoms with E-state index in [4.69, 9.17) is 4.74 Å². The number of ether oxygens (including phenoxy) is 1. The molecule has 0 bridgehead atoms. The van der Waals surface area contributed by atoms with Gasteiger partial charge < -0.3 is 4.74 Å². The molecule has 0 spiro atoms. The number of para-hydroxylation sites is 1. The Labute approximate surface area is 182 Å². The van der Waals surface area contributed by atoms with Gasteiger partial charge in [-0.2, -0.15) is 9.78 Å². The number of nitrogens with zero attached hydrogens (tertiary/aromatic N) is 4. The fourth-order valence-electron chi connectivity index (χ4n) is 3.16. The SMILES string of the molecule is C=CCOc1ccc(C=Nn2c(-c3ccccc3)nc3ccccc3c2=O)cc1[N+](=O)[O-]. The molecule has 158 valence electrons. The van der Waals surface area contributed by atoms with Crippen molar-refractivity contribution < 1.29 is 9.66 Å². The number of benzene rings is 3. The Morgan fingerprint density at radius 3 is 2.59 bits per heavy atom. The summed E-state index contributed by atoms with van der Waals surface area (Å²) in [6, 6.07) is 20.7. The third kappa shape index (κ3) is 4.15. The van der Waals surface area contributed by atoms with Crippen molar-refractivity contribution in [2.45, 2.75) is 0 Å². The lowest BCUT2D eigenvalue weighted by atomic mass is 10.2. The summed E-state index contributed by atoms with van der Waals surface area (Å²) >= 11 is 0. The van der Waals surface area contributed by atoms with E-state index < -0.39 is 4.92 Å². The molecule has 0 atom stereocenters. The largest absolute Gasteiger partial charge is 0.483 e. The third-order valence-corrected chi connectivity index (χ3v) is 4.64. The van der Waals surface area contributed by atoms with Gasteiger partial charge in [0, 0.05) is 17.2 Å². The molecule has 4 rings (SSSR count). The topological polar surface area (TPSA) is 99.6 Å². The van der Waals surface area contributed by atoms with Crippen molar-refractivity contribution in [3.63, 3.8) is 0 Å². The summed E-state index contributed by atoms with van der Waals surface area (Å²) in [5, 5.41) is 16.2. The van der Waals surface area contributed by atoms with Crippen LogP contribution in [0.2, 0.25) is 0 Å². The van der Waals surface area contributed by atoms with E-state index in [0.29, 0.717) is 27.9 Å². The van der Waals surface area contributed by atoms with Crippen molar-refractivity contribution in [2.75, 3.05) is 6.61 Å². The molecule has 0 N–H and O–H groups in total. The Bertz CT molecular complexity index is 1390. The monoisotopic (exact) mass is 426 g/mol. The molecule has 0 aliphatic heterocycles. The van der Waals surface area contributed by atoms with E-state index in [0.717, 1.165) is 0 Å². The van der Waals surface area contributed by atoms with Gasteiger partial charge in [0.2, 0.25) is 0 Å². The number of nitro groups is 1. The van der Waals surface area contributed by atoms with E-state index in [1.54, 1.807) is 24.3 Å². The Kier molecular flexibility index (Phi) is 5.85. The summed E-state index contributed by atoms with van der Waals surface area (Å²) in [5.74, 6) is 0.493. The summed E-state index contributed by atoms with van der Waals surface area (Å²) in [4.78, 5) is 28.7. The average Bonchev–Trinajstić information content (AvgIpc) is 2.82. The molecule has 32 heavy (non-hydrogen) atoms. The van der Waals surface area contributed by atoms with Crippen LogP contribution in [-0.4, -0.2) is 27.4 Å². The summed E-state index contributed by atoms with van der Waals surface area (Å²) < 4.78 is 6.54. The van der Waals surface area contributed by atoms with E-state index >= 15 is 0 Å². The molecule has 0 radical (unpaired) electrons. The molecule has 0 unspecified atom stereocenters. The maximum absolute atomic E-state index is 13.2. The molecular weight excluding hydrogens is 408 g/mol. The van der Waals surface area contributed by atoms with Crippen molar-refractivity contribution in [1.29, 1.82) is 0 Å². The van der Waals surface area contributed by atoms with E-state index in [9.17, 15) is 14.9 Å². The van der Waals surface area contributed by atoms with Gasteiger partial charge in [0.15, 0.2) is 11.6 Å². The number of rotatable bonds is 7. The normalized spacial score (nSPS) is 11.0. The molecule has 0 aliphatic carbocycles. The van der Waals surface area contributed by atoms with E-state index in [1.807, 2.05) is 36.4 Å². The summed E-state index contributed by atoms with van der Waals surface area (Å²) in [6.07, 6.45) is 2.89. The number of nitro benzene ring substituents is 1. The van der Waals surface area contributed by atoms with Gasteiger partial charge in [-0.1, -0.05) is 55.1 Å². The standard InChI is InChI=1S/C24H18N4O4/c1-2-14-32-22-13-12-17(15-21(22)28(30)31)16-25-27-23(18-8-4-3-5-9-18)26-20-11-7-6-10-19(20)24(27)29/h2-13,15-16H,1,14H2. The molecule has 0 saturated heterocycles. The van der Waals surface area contributed by atoms with Crippen LogP contribution in [0, 0.1) is 10.1 Å². The van der Waals surface area contributed by atoms with Crippen LogP contribution in [0.1, 0.15) is 5.56 Å². The first kappa shape index (κ1) is 20.7. The highest BCUT2D eigenvalue weighted by atomic mass is 16.6. The van der Waals surface area contributed by atoms with Crippen molar-refractivity contribution >= 4 is 22.8 Å². The lowest BCUT2D eigenvalue weighted by molar-refractivity contribution is -0.385. The van der Waals surface area contributed by atoms with E-state index in [1.165, 1.54) is 29.1 Å². The Hall–Kier alpha value is -4.59. The summed E-state index contributed by atoms with van der Waals surface area (Å²) in [5.41, 5.74) is 1.16. The lowest BCUT2D eigenvalue weighted by Gasteiger charge is -2.09. The molecule has 0 amide bonds. The van der Waals surface area contributed by atoms with Crippen molar-refractivity contribution in [3.8, 4) is 17.1 Å². The fraction of sp³-hybridized carbons (Fsp3) is 0.0417. The van der Waals surface area contributed by atoms with Crippen molar-refractivity contribution in [2.24, 2.45) is 5.10 Å². The molecule has 0 aliphatic rings. The predicted molar refractivity (Wildman–Crippen MR) is 123 cm³/mol. The summed E-state index contributed by atoms with van der Waals surface area (Å²) in [7, 11) is 0. The van der Waals surface area contributed by atoms with Gasteiger partial charge in [-0.3, -0.25) is 14.9 Å². The zero-order chi connectivity index (χ0) is 22.5. The fourth-order valence-corrected chi connectivity index (χ4v) is 3.16. The number of aromatic nitrogens is 2. The molecule has 4 aromatic rings. The van der Waals surface area contributed by atoms with Gasteiger partial charge in [0.25, 0.3) is 5.56 Å². The van der Waals surface area contributed by atoms with Crippen LogP contribution < -0.4 is 10.3 Å². The maximum atomic E-state index is 13.2. The van der Waals surface area contributed by atoms with Crippen LogP contribution in [0.3, 0.4) is 0 Å². The minimum atomic E-state index is -0.533. The van der Waals surface area contributed by atoms with Crippen molar-refractivity contribution in [3.05, 3.63) is 111 Å². The second-order valence-electron chi connectivity index (χ2n) is 6.76. The average molecular weight is 426 g/mol. The smallest absolute Gasteiger partial charge is 0.311 e. The maximum Gasteiger partial charge on any atom is 0.311 e. The second-order valence-corrected chi connectivity index (χ2v) is 6.76. The van der Waals surface area contributed by atoms with E-state index in [-0.39, 0.29) is 23.6 Å². The lowest BCUT2D eigenvalue weighted by Crippen LogP contribution is -2.20. The molecule has 0 fully saturated rings. The quantitative estimate of drug-likeness (QED) is 0.188. The second kappa shape index (κ2) is 9.05. The molecule has 1 aromatic heterocycles. The first-order valence-electron chi connectivity index (χ1n) is 9.72. The van der Waals surface area contributed by atoms with Gasteiger partial charge in [-0.25, -0.2) is 4.98 Å². The number of hydrogen-bond acceptors (Lipinski definition) is 6. The molecule has 8 heteroatoms. The van der Waals surface area contributed by atoms with Crippen LogP contribution in [0.25, 0.3) is 22.3 Å². The zero-order valence-corrected chi connectivity index (χ0v) is 16.9. The highest BCUT2D eigenvalue weighted by molar-refractivity contribution is 5.83. The van der Waals surface area contributed by atoms with Crippen LogP contribution >= 0.6 is 0 Å². The van der Waals surface area contributed by atoms with Gasteiger partial charge in [0.05, 0.1) is 22.0 Å². The van der Waals surface area contributed by atoms with Gasteiger partial charge >= 0.3 is 5.69 Å². The van der Waals surface area contributed by atoms with Crippen molar-refractivity contribution in [1.82, 2.24) is 9.66 Å². The van der Waals surface area contributed by atoms with E-state index in [2.05, 4.69) is 16.7 Å². The molecule has 3 aromatic carbocycles. The highest BCUT2D eigenvalue weighted by Crippen LogP contribution is 2.27. The molecule has 8 nitrogen and oxygen atoms in total. The van der Waals surface area contributed by atoms with Crippen LogP contribution in [0.4, 0.5) is 5.69 Å². The predicted octanol–water partition coefficient (Wildman–Crippen LogP) is 4.42. The van der Waals surface area contributed by atoms with Crippen LogP contribution in [0.5, 0.6) is 5.75 Å². The zero-order valence-electron chi connectivity index (χ0n) is 16.9. The minimum Gasteiger partial charge on any atom is -0.483 e. The van der Waals surface area contributed by atoms with Gasteiger partial charge in [-0.05, 0) is 24.3 Å². The Morgan fingerprint density at radius 2 is 1.84 bits per heavy atom. The van der Waals surface area contributed by atoms with Gasteiger partial charge in [0.1, 0.15) is 6.61 Å². The molecular formula is C24H18N4O4. The first-order chi connectivity index (χ1) is 15.6. The number of fused-ring (bicyclic) bond motifs is 1. The number of hydrogen-bond donors (Lipinski definition) is 0. The first-order valence-corrected chi connectivity index (χ1v) is 9.72.